The summed E-state index contributed by atoms with van der Waals surface area (Å²) in [4.78, 5) is 25.5. The fourth-order valence-electron chi connectivity index (χ4n) is 4.21. The normalized spacial score (nSPS) is 25.8. The van der Waals surface area contributed by atoms with Crippen molar-refractivity contribution in [3.63, 3.8) is 0 Å². The molecule has 0 aromatic heterocycles. The van der Waals surface area contributed by atoms with E-state index < -0.39 is 32.4 Å². The molecule has 0 unspecified atom stereocenters. The van der Waals surface area contributed by atoms with Crippen LogP contribution in [0.25, 0.3) is 0 Å². The van der Waals surface area contributed by atoms with E-state index in [0.717, 1.165) is 0 Å². The first-order chi connectivity index (χ1) is 12.9. The van der Waals surface area contributed by atoms with Gasteiger partial charge in [-0.25, -0.2) is 8.42 Å². The molecule has 142 valence electrons. The van der Waals surface area contributed by atoms with Gasteiger partial charge in [0.2, 0.25) is 0 Å². The highest BCUT2D eigenvalue weighted by Crippen LogP contribution is 2.51. The number of methoxy groups -OCH3 is 1. The van der Waals surface area contributed by atoms with Crippen LogP contribution in [-0.2, 0) is 24.2 Å². The van der Waals surface area contributed by atoms with Gasteiger partial charge in [-0.1, -0.05) is 55.5 Å². The number of ketones is 1. The van der Waals surface area contributed by atoms with E-state index in [4.69, 9.17) is 4.74 Å². The third kappa shape index (κ3) is 2.98. The molecule has 1 saturated carbocycles. The molecular formula is C21H22O5S. The summed E-state index contributed by atoms with van der Waals surface area (Å²) in [5.74, 6) is -2.41. The van der Waals surface area contributed by atoms with Gasteiger partial charge in [0.25, 0.3) is 0 Å². The summed E-state index contributed by atoms with van der Waals surface area (Å²) in [5, 5.41) is 0. The van der Waals surface area contributed by atoms with Crippen LogP contribution in [0.5, 0.6) is 0 Å². The molecule has 6 heteroatoms. The van der Waals surface area contributed by atoms with E-state index in [1.165, 1.54) is 19.2 Å². The van der Waals surface area contributed by atoms with Crippen LogP contribution in [-0.4, -0.2) is 32.0 Å². The lowest BCUT2D eigenvalue weighted by atomic mass is 9.68. The van der Waals surface area contributed by atoms with Crippen molar-refractivity contribution in [3.05, 3.63) is 66.2 Å². The van der Waals surface area contributed by atoms with Crippen LogP contribution in [0.2, 0.25) is 0 Å². The Morgan fingerprint density at radius 1 is 1.00 bits per heavy atom. The van der Waals surface area contributed by atoms with Crippen molar-refractivity contribution < 1.29 is 22.7 Å². The molecule has 0 radical (unpaired) electrons. The van der Waals surface area contributed by atoms with Gasteiger partial charge in [-0.05, 0) is 23.6 Å². The third-order valence-corrected chi connectivity index (χ3v) is 8.06. The lowest BCUT2D eigenvalue weighted by Gasteiger charge is -2.44. The molecule has 1 aliphatic rings. The molecule has 3 atom stereocenters. The van der Waals surface area contributed by atoms with Crippen LogP contribution >= 0.6 is 0 Å². The van der Waals surface area contributed by atoms with Crippen LogP contribution in [0, 0.1) is 5.92 Å². The largest absolute Gasteiger partial charge is 0.468 e. The lowest BCUT2D eigenvalue weighted by molar-refractivity contribution is -0.148. The highest BCUT2D eigenvalue weighted by molar-refractivity contribution is 7.93. The van der Waals surface area contributed by atoms with Gasteiger partial charge in [-0.2, -0.15) is 0 Å². The number of Topliss-reactive ketones (excluding diaryl/α,β-unsaturated/α-hetero) is 1. The van der Waals surface area contributed by atoms with Gasteiger partial charge in [-0.3, -0.25) is 9.59 Å². The summed E-state index contributed by atoms with van der Waals surface area (Å²) in [5.41, 5.74) is 0.641. The van der Waals surface area contributed by atoms with Crippen molar-refractivity contribution in [2.75, 3.05) is 7.11 Å². The molecule has 0 aliphatic heterocycles. The van der Waals surface area contributed by atoms with E-state index in [-0.39, 0.29) is 23.5 Å². The van der Waals surface area contributed by atoms with Gasteiger partial charge in [0.15, 0.2) is 14.6 Å². The number of ether oxygens (including phenoxy) is 1. The highest BCUT2D eigenvalue weighted by atomic mass is 32.2. The Labute approximate surface area is 159 Å². The van der Waals surface area contributed by atoms with Crippen LogP contribution in [0.3, 0.4) is 0 Å². The Balaban J connectivity index is 2.33. The van der Waals surface area contributed by atoms with E-state index in [2.05, 4.69) is 0 Å². The third-order valence-electron chi connectivity index (χ3n) is 5.42. The first-order valence-corrected chi connectivity index (χ1v) is 10.3. The first-order valence-electron chi connectivity index (χ1n) is 8.80. The average molecular weight is 386 g/mol. The molecule has 0 amide bonds. The molecule has 0 spiro atoms. The summed E-state index contributed by atoms with van der Waals surface area (Å²) in [6.07, 6.45) is 0.0000139. The minimum Gasteiger partial charge on any atom is -0.468 e. The lowest BCUT2D eigenvalue weighted by Crippen LogP contribution is -2.59. The van der Waals surface area contributed by atoms with Crippen molar-refractivity contribution in [1.82, 2.24) is 0 Å². The Morgan fingerprint density at radius 3 is 2.11 bits per heavy atom. The number of sulfone groups is 1. The Kier molecular flexibility index (Phi) is 5.20. The molecule has 1 aliphatic carbocycles. The summed E-state index contributed by atoms with van der Waals surface area (Å²) >= 11 is 0. The maximum absolute atomic E-state index is 13.8. The second kappa shape index (κ2) is 7.27. The molecule has 2 aromatic rings. The van der Waals surface area contributed by atoms with Gasteiger partial charge in [0.1, 0.15) is 5.78 Å². The van der Waals surface area contributed by atoms with Crippen molar-refractivity contribution in [2.45, 2.75) is 35.3 Å². The van der Waals surface area contributed by atoms with E-state index in [1.54, 1.807) is 49.4 Å². The summed E-state index contributed by atoms with van der Waals surface area (Å²) in [6, 6.07) is 16.8. The van der Waals surface area contributed by atoms with Crippen molar-refractivity contribution in [3.8, 4) is 0 Å². The fraction of sp³-hybridized carbons (Fsp3) is 0.333. The standard InChI is InChI=1S/C21H22O5S/c1-15-13-17(22)14-19(16-9-5-3-6-10-16)21(15,20(23)26-2)27(24,25)18-11-7-4-8-12-18/h3-12,15,19H,13-14H2,1-2H3/t15-,19+,21+/m0/s1. The SMILES string of the molecule is COC(=O)[C@]1(S(=O)(=O)c2ccccc2)[C@@H](c2ccccc2)CC(=O)C[C@@H]1C. The number of hydrogen-bond donors (Lipinski definition) is 0. The van der Waals surface area contributed by atoms with Crippen LogP contribution in [0.4, 0.5) is 0 Å². The molecule has 2 aromatic carbocycles. The Morgan fingerprint density at radius 2 is 1.56 bits per heavy atom. The highest BCUT2D eigenvalue weighted by Gasteiger charge is 2.63. The second-order valence-corrected chi connectivity index (χ2v) is 9.07. The Hall–Kier alpha value is -2.47. The number of esters is 1. The molecule has 5 nitrogen and oxygen atoms in total. The maximum atomic E-state index is 13.8. The van der Waals surface area contributed by atoms with Crippen LogP contribution < -0.4 is 0 Å². The van der Waals surface area contributed by atoms with Crippen molar-refractivity contribution in [1.29, 1.82) is 0 Å². The predicted molar refractivity (Wildman–Crippen MR) is 101 cm³/mol. The van der Waals surface area contributed by atoms with Crippen LogP contribution in [0.15, 0.2) is 65.6 Å². The zero-order valence-electron chi connectivity index (χ0n) is 15.3. The van der Waals surface area contributed by atoms with Gasteiger partial charge >= 0.3 is 5.97 Å². The number of benzene rings is 2. The number of hydrogen-bond acceptors (Lipinski definition) is 5. The molecule has 0 bridgehead atoms. The van der Waals surface area contributed by atoms with Gasteiger partial charge in [-0.15, -0.1) is 0 Å². The zero-order chi connectivity index (χ0) is 19.7. The van der Waals surface area contributed by atoms with Crippen LogP contribution in [0.1, 0.15) is 31.2 Å². The number of rotatable bonds is 4. The minimum atomic E-state index is -4.13. The van der Waals surface area contributed by atoms with E-state index in [1.807, 2.05) is 6.07 Å². The summed E-state index contributed by atoms with van der Waals surface area (Å²) < 4.78 is 30.8. The molecule has 0 N–H and O–H groups in total. The topological polar surface area (TPSA) is 77.5 Å². The Bertz CT molecular complexity index is 937. The molecule has 1 fully saturated rings. The van der Waals surface area contributed by atoms with Gasteiger partial charge in [0, 0.05) is 18.8 Å². The summed E-state index contributed by atoms with van der Waals surface area (Å²) in [7, 11) is -2.94. The first kappa shape index (κ1) is 19.3. The molecule has 27 heavy (non-hydrogen) atoms. The molecule has 0 heterocycles. The molecular weight excluding hydrogens is 364 g/mol. The van der Waals surface area contributed by atoms with E-state index >= 15 is 0 Å². The molecule has 3 rings (SSSR count). The smallest absolute Gasteiger partial charge is 0.328 e. The maximum Gasteiger partial charge on any atom is 0.328 e. The second-order valence-electron chi connectivity index (χ2n) is 6.91. The number of carbonyl (C=O) groups excluding carboxylic acids is 2. The zero-order valence-corrected chi connectivity index (χ0v) is 16.1. The fourth-order valence-corrected chi connectivity index (χ4v) is 6.62. The monoisotopic (exact) mass is 386 g/mol. The molecule has 0 saturated heterocycles. The van der Waals surface area contributed by atoms with E-state index in [0.29, 0.717) is 5.56 Å². The van der Waals surface area contributed by atoms with Crippen molar-refractivity contribution in [2.24, 2.45) is 5.92 Å². The van der Waals surface area contributed by atoms with Crippen molar-refractivity contribution >= 4 is 21.6 Å². The minimum absolute atomic E-state index is 0.0183. The average Bonchev–Trinajstić information content (AvgIpc) is 2.68. The van der Waals surface area contributed by atoms with E-state index in [9.17, 15) is 18.0 Å². The quantitative estimate of drug-likeness (QED) is 0.755. The van der Waals surface area contributed by atoms with Gasteiger partial charge in [0.05, 0.1) is 12.0 Å². The summed E-state index contributed by atoms with van der Waals surface area (Å²) in [6.45, 7) is 1.64. The van der Waals surface area contributed by atoms with Gasteiger partial charge < -0.3 is 4.74 Å². The number of carbonyl (C=O) groups is 2. The predicted octanol–water partition coefficient (Wildman–Crippen LogP) is 3.15.